The van der Waals surface area contributed by atoms with Crippen LogP contribution in [-0.4, -0.2) is 44.8 Å². The second-order valence-corrected chi connectivity index (χ2v) is 8.41. The summed E-state index contributed by atoms with van der Waals surface area (Å²) in [4.78, 5) is 27.4. The number of likely N-dealkylation sites (N-methyl/N-ethyl adjacent to an activating group) is 1. The number of hydrogen-bond acceptors (Lipinski definition) is 5. The second kappa shape index (κ2) is 7.24. The Morgan fingerprint density at radius 1 is 1.26 bits per heavy atom. The van der Waals surface area contributed by atoms with Crippen LogP contribution in [0.1, 0.15) is 50.3 Å². The van der Waals surface area contributed by atoms with E-state index in [-0.39, 0.29) is 18.3 Å². The highest BCUT2D eigenvalue weighted by atomic mass is 16.6. The molecule has 2 aliphatic rings. The number of fused-ring (bicyclic) bond motifs is 2. The van der Waals surface area contributed by atoms with E-state index in [9.17, 15) is 9.59 Å². The number of hydrogen-bond donors (Lipinski definition) is 0. The Bertz CT molecular complexity index is 744. The maximum absolute atomic E-state index is 13.2. The maximum Gasteiger partial charge on any atom is 0.310 e. The summed E-state index contributed by atoms with van der Waals surface area (Å²) in [6.45, 7) is 7.11. The fraction of sp³-hybridized carbons (Fsp3) is 0.619. The molecule has 1 saturated heterocycles. The minimum atomic E-state index is -0.561. The Kier molecular flexibility index (Phi) is 5.32. The fourth-order valence-corrected chi connectivity index (χ4v) is 4.18. The zero-order chi connectivity index (χ0) is 19.8. The van der Waals surface area contributed by atoms with Crippen LogP contribution in [0.4, 0.5) is 5.69 Å². The zero-order valence-corrected chi connectivity index (χ0v) is 16.9. The molecule has 1 amide bonds. The van der Waals surface area contributed by atoms with Gasteiger partial charge in [0.1, 0.15) is 5.60 Å². The molecule has 0 N–H and O–H groups in total. The average Bonchev–Trinajstić information content (AvgIpc) is 2.77. The third-order valence-corrected chi connectivity index (χ3v) is 5.23. The number of rotatable bonds is 4. The van der Waals surface area contributed by atoms with Crippen molar-refractivity contribution in [2.24, 2.45) is 0 Å². The van der Waals surface area contributed by atoms with E-state index >= 15 is 0 Å². The maximum atomic E-state index is 13.2. The molecule has 0 radical (unpaired) electrons. The zero-order valence-electron chi connectivity index (χ0n) is 16.9. The number of ether oxygens (including phenoxy) is 3. The van der Waals surface area contributed by atoms with Gasteiger partial charge in [-0.05, 0) is 50.3 Å². The van der Waals surface area contributed by atoms with E-state index in [1.54, 1.807) is 19.1 Å². The summed E-state index contributed by atoms with van der Waals surface area (Å²) in [6, 6.07) is 4.01. The van der Waals surface area contributed by atoms with Crippen LogP contribution in [0, 0.1) is 0 Å². The van der Waals surface area contributed by atoms with Crippen LogP contribution < -0.4 is 4.90 Å². The molecular formula is C21H29NO5. The fourth-order valence-electron chi connectivity index (χ4n) is 4.18. The smallest absolute Gasteiger partial charge is 0.310 e. The van der Waals surface area contributed by atoms with Gasteiger partial charge in [-0.3, -0.25) is 9.59 Å². The third-order valence-electron chi connectivity index (χ3n) is 5.23. The Hall–Kier alpha value is -1.92. The molecule has 1 aromatic rings. The highest BCUT2D eigenvalue weighted by Gasteiger charge is 2.51. The average molecular weight is 375 g/mol. The lowest BCUT2D eigenvalue weighted by Crippen LogP contribution is -2.42. The number of benzene rings is 1. The number of carbonyl (C=O) groups excluding carboxylic acids is 2. The van der Waals surface area contributed by atoms with E-state index in [2.05, 4.69) is 6.07 Å². The second-order valence-electron chi connectivity index (χ2n) is 8.41. The number of amides is 1. The van der Waals surface area contributed by atoms with Crippen molar-refractivity contribution in [3.63, 3.8) is 0 Å². The molecule has 0 aliphatic carbocycles. The van der Waals surface area contributed by atoms with Crippen molar-refractivity contribution >= 4 is 17.6 Å². The topological polar surface area (TPSA) is 65.1 Å². The molecule has 3 rings (SSSR count). The minimum absolute atomic E-state index is 0.0841. The van der Waals surface area contributed by atoms with E-state index in [4.69, 9.17) is 14.2 Å². The summed E-state index contributed by atoms with van der Waals surface area (Å²) in [7, 11) is 3.43. The predicted octanol–water partition coefficient (Wildman–Crippen LogP) is 2.74. The number of nitrogens with zero attached hydrogens (tertiary/aromatic N) is 1. The first kappa shape index (κ1) is 19.8. The van der Waals surface area contributed by atoms with Crippen molar-refractivity contribution in [2.45, 2.75) is 57.7 Å². The largest absolute Gasteiger partial charge is 0.460 e. The van der Waals surface area contributed by atoms with Gasteiger partial charge in [-0.2, -0.15) is 0 Å². The lowest BCUT2D eigenvalue weighted by atomic mass is 9.74. The van der Waals surface area contributed by atoms with Gasteiger partial charge in [0.2, 0.25) is 5.91 Å². The summed E-state index contributed by atoms with van der Waals surface area (Å²) >= 11 is 0. The molecule has 2 heterocycles. The summed E-state index contributed by atoms with van der Waals surface area (Å²) in [5.74, 6) is -0.214. The Labute approximate surface area is 160 Å². The molecule has 0 aromatic heterocycles. The number of carbonyl (C=O) groups is 2. The number of anilines is 1. The molecule has 0 saturated carbocycles. The van der Waals surface area contributed by atoms with Crippen LogP contribution in [0.25, 0.3) is 0 Å². The van der Waals surface area contributed by atoms with Crippen LogP contribution in [0.5, 0.6) is 0 Å². The van der Waals surface area contributed by atoms with E-state index in [0.29, 0.717) is 32.7 Å². The summed E-state index contributed by atoms with van der Waals surface area (Å²) in [5, 5.41) is 0. The molecule has 0 bridgehead atoms. The van der Waals surface area contributed by atoms with Crippen LogP contribution in [0.15, 0.2) is 12.1 Å². The normalized spacial score (nSPS) is 18.7. The van der Waals surface area contributed by atoms with Crippen molar-refractivity contribution in [3.8, 4) is 0 Å². The van der Waals surface area contributed by atoms with Crippen molar-refractivity contribution in [1.29, 1.82) is 0 Å². The molecule has 27 heavy (non-hydrogen) atoms. The van der Waals surface area contributed by atoms with Crippen LogP contribution in [0.3, 0.4) is 0 Å². The Balaban J connectivity index is 2.06. The lowest BCUT2D eigenvalue weighted by molar-refractivity contribution is -0.153. The highest BCUT2D eigenvalue weighted by molar-refractivity contribution is 6.09. The van der Waals surface area contributed by atoms with E-state index in [1.807, 2.05) is 26.8 Å². The van der Waals surface area contributed by atoms with Gasteiger partial charge in [0.05, 0.1) is 24.1 Å². The molecule has 6 nitrogen and oxygen atoms in total. The van der Waals surface area contributed by atoms with Crippen LogP contribution in [-0.2, 0) is 42.2 Å². The first-order valence-electron chi connectivity index (χ1n) is 9.41. The van der Waals surface area contributed by atoms with Crippen LogP contribution >= 0.6 is 0 Å². The first-order chi connectivity index (χ1) is 12.7. The van der Waals surface area contributed by atoms with E-state index in [0.717, 1.165) is 22.4 Å². The third kappa shape index (κ3) is 3.73. The molecule has 2 aliphatic heterocycles. The first-order valence-corrected chi connectivity index (χ1v) is 9.41. The SMILES string of the molecule is COCc1cc(CC(=O)OC(C)(C)C)c2c(c1)C1(CCOCC1)C(=O)N2C. The molecule has 1 aromatic carbocycles. The van der Waals surface area contributed by atoms with Gasteiger partial charge in [-0.1, -0.05) is 12.1 Å². The summed E-state index contributed by atoms with van der Waals surface area (Å²) < 4.78 is 16.3. The lowest BCUT2D eigenvalue weighted by Gasteiger charge is -2.32. The molecule has 1 fully saturated rings. The van der Waals surface area contributed by atoms with Crippen molar-refractivity contribution in [3.05, 3.63) is 28.8 Å². The predicted molar refractivity (Wildman–Crippen MR) is 102 cm³/mol. The number of methoxy groups -OCH3 is 1. The van der Waals surface area contributed by atoms with E-state index in [1.165, 1.54) is 0 Å². The van der Waals surface area contributed by atoms with Gasteiger partial charge in [0, 0.05) is 27.4 Å². The highest BCUT2D eigenvalue weighted by Crippen LogP contribution is 2.49. The molecule has 0 atom stereocenters. The van der Waals surface area contributed by atoms with Gasteiger partial charge in [-0.15, -0.1) is 0 Å². The van der Waals surface area contributed by atoms with Crippen LogP contribution in [0.2, 0.25) is 0 Å². The van der Waals surface area contributed by atoms with Gasteiger partial charge < -0.3 is 19.1 Å². The van der Waals surface area contributed by atoms with Crippen molar-refractivity contribution in [1.82, 2.24) is 0 Å². The molecular weight excluding hydrogens is 346 g/mol. The number of esters is 1. The van der Waals surface area contributed by atoms with Crippen molar-refractivity contribution in [2.75, 3.05) is 32.3 Å². The molecule has 0 unspecified atom stereocenters. The Morgan fingerprint density at radius 2 is 1.93 bits per heavy atom. The van der Waals surface area contributed by atoms with Gasteiger partial charge in [-0.25, -0.2) is 0 Å². The molecule has 6 heteroatoms. The summed E-state index contributed by atoms with van der Waals surface area (Å²) in [6.07, 6.45) is 1.44. The monoisotopic (exact) mass is 375 g/mol. The van der Waals surface area contributed by atoms with Crippen molar-refractivity contribution < 1.29 is 23.8 Å². The molecule has 148 valence electrons. The summed E-state index contributed by atoms with van der Waals surface area (Å²) in [5.41, 5.74) is 2.50. The van der Waals surface area contributed by atoms with Gasteiger partial charge >= 0.3 is 5.97 Å². The molecule has 1 spiro atoms. The van der Waals surface area contributed by atoms with Gasteiger partial charge in [0.25, 0.3) is 0 Å². The standard InChI is InChI=1S/C21H29NO5/c1-20(2,3)27-17(23)12-15-10-14(13-25-5)11-16-18(15)22(4)19(24)21(16)6-8-26-9-7-21/h10-11H,6-9,12-13H2,1-5H3. The van der Waals surface area contributed by atoms with Gasteiger partial charge in [0.15, 0.2) is 0 Å². The Morgan fingerprint density at radius 3 is 2.52 bits per heavy atom. The minimum Gasteiger partial charge on any atom is -0.460 e. The quantitative estimate of drug-likeness (QED) is 0.757. The van der Waals surface area contributed by atoms with E-state index < -0.39 is 11.0 Å².